The molecule has 1 N–H and O–H groups in total. The molecule has 3 heteroatoms. The van der Waals surface area contributed by atoms with E-state index in [0.29, 0.717) is 12.5 Å². The van der Waals surface area contributed by atoms with Crippen molar-refractivity contribution in [3.05, 3.63) is 0 Å². The Morgan fingerprint density at radius 3 is 2.64 bits per heavy atom. The second-order valence-corrected chi connectivity index (χ2v) is 5.02. The first-order valence-electron chi connectivity index (χ1n) is 5.34. The Balaban J connectivity index is 2.75. The van der Waals surface area contributed by atoms with E-state index in [1.54, 1.807) is 0 Å². The van der Waals surface area contributed by atoms with Crippen LogP contribution in [0.25, 0.3) is 0 Å². The molecule has 0 aliphatic heterocycles. The Hall–Kier alpha value is -0.570. The quantitative estimate of drug-likeness (QED) is 0.754. The predicted molar refractivity (Wildman–Crippen MR) is 56.3 cm³/mol. The molecule has 1 aliphatic carbocycles. The van der Waals surface area contributed by atoms with Gasteiger partial charge in [-0.1, -0.05) is 19.8 Å². The molecule has 1 aliphatic rings. The number of carbonyl (C=O) groups is 1. The summed E-state index contributed by atoms with van der Waals surface area (Å²) in [5.41, 5.74) is -0.485. The second-order valence-electron chi connectivity index (χ2n) is 5.02. The lowest BCUT2D eigenvalue weighted by Crippen LogP contribution is -2.43. The van der Waals surface area contributed by atoms with Gasteiger partial charge >= 0.3 is 5.97 Å². The van der Waals surface area contributed by atoms with Crippen molar-refractivity contribution in [3.63, 3.8) is 0 Å². The smallest absolute Gasteiger partial charge is 0.310 e. The first-order chi connectivity index (χ1) is 6.46. The average Bonchev–Trinajstić information content (AvgIpc) is 2.02. The zero-order valence-corrected chi connectivity index (χ0v) is 9.42. The highest BCUT2D eigenvalue weighted by Crippen LogP contribution is 2.39. The molecular formula is C11H21NO2. The molecule has 0 spiro atoms. The van der Waals surface area contributed by atoms with Gasteiger partial charge in [-0.05, 0) is 32.9 Å². The van der Waals surface area contributed by atoms with E-state index in [0.717, 1.165) is 19.3 Å². The van der Waals surface area contributed by atoms with E-state index < -0.39 is 11.4 Å². The fourth-order valence-electron chi connectivity index (χ4n) is 2.67. The van der Waals surface area contributed by atoms with E-state index in [1.807, 2.05) is 19.0 Å². The number of rotatable bonds is 3. The molecule has 3 nitrogen and oxygen atoms in total. The van der Waals surface area contributed by atoms with Gasteiger partial charge in [0, 0.05) is 6.54 Å². The van der Waals surface area contributed by atoms with E-state index in [1.165, 1.54) is 6.42 Å². The molecule has 1 fully saturated rings. The topological polar surface area (TPSA) is 40.5 Å². The molecule has 2 unspecified atom stereocenters. The van der Waals surface area contributed by atoms with Crippen LogP contribution in [0.3, 0.4) is 0 Å². The minimum absolute atomic E-state index is 0.485. The second kappa shape index (κ2) is 4.30. The summed E-state index contributed by atoms with van der Waals surface area (Å²) in [6.07, 6.45) is 3.91. The van der Waals surface area contributed by atoms with E-state index in [4.69, 9.17) is 0 Å². The molecule has 0 heterocycles. The molecule has 0 amide bonds. The molecule has 1 rings (SSSR count). The zero-order valence-electron chi connectivity index (χ0n) is 9.42. The first-order valence-corrected chi connectivity index (χ1v) is 5.34. The maximum atomic E-state index is 11.3. The highest BCUT2D eigenvalue weighted by Gasteiger charge is 2.41. The van der Waals surface area contributed by atoms with Crippen molar-refractivity contribution in [1.82, 2.24) is 4.90 Å². The average molecular weight is 199 g/mol. The normalized spacial score (nSPS) is 33.3. The summed E-state index contributed by atoms with van der Waals surface area (Å²) < 4.78 is 0. The molecular weight excluding hydrogens is 178 g/mol. The molecule has 1 saturated carbocycles. The summed E-state index contributed by atoms with van der Waals surface area (Å²) in [6.45, 7) is 2.83. The number of hydrogen-bond acceptors (Lipinski definition) is 2. The van der Waals surface area contributed by atoms with E-state index >= 15 is 0 Å². The minimum atomic E-state index is -0.613. The van der Waals surface area contributed by atoms with Crippen LogP contribution < -0.4 is 0 Å². The Bertz CT molecular complexity index is 211. The van der Waals surface area contributed by atoms with Gasteiger partial charge in [0.05, 0.1) is 5.41 Å². The molecule has 14 heavy (non-hydrogen) atoms. The number of nitrogens with zero attached hydrogens (tertiary/aromatic N) is 1. The van der Waals surface area contributed by atoms with Crippen molar-refractivity contribution in [2.24, 2.45) is 11.3 Å². The molecule has 82 valence electrons. The van der Waals surface area contributed by atoms with Crippen LogP contribution in [0.15, 0.2) is 0 Å². The molecule has 0 aromatic rings. The van der Waals surface area contributed by atoms with Crippen molar-refractivity contribution in [2.45, 2.75) is 32.6 Å². The summed E-state index contributed by atoms with van der Waals surface area (Å²) in [4.78, 5) is 13.3. The van der Waals surface area contributed by atoms with Gasteiger partial charge in [0.1, 0.15) is 0 Å². The fourth-order valence-corrected chi connectivity index (χ4v) is 2.67. The lowest BCUT2D eigenvalue weighted by molar-refractivity contribution is -0.153. The number of aliphatic carboxylic acids is 1. The lowest BCUT2D eigenvalue weighted by Gasteiger charge is -2.38. The Morgan fingerprint density at radius 2 is 2.21 bits per heavy atom. The third-order valence-corrected chi connectivity index (χ3v) is 3.16. The van der Waals surface area contributed by atoms with Crippen LogP contribution in [-0.2, 0) is 4.79 Å². The predicted octanol–water partition coefficient (Wildman–Crippen LogP) is 1.83. The maximum Gasteiger partial charge on any atom is 0.310 e. The summed E-state index contributed by atoms with van der Waals surface area (Å²) in [6, 6.07) is 0. The molecule has 0 aromatic carbocycles. The summed E-state index contributed by atoms with van der Waals surface area (Å²) in [7, 11) is 3.90. The van der Waals surface area contributed by atoms with Crippen LogP contribution >= 0.6 is 0 Å². The van der Waals surface area contributed by atoms with Gasteiger partial charge in [0.25, 0.3) is 0 Å². The van der Waals surface area contributed by atoms with Crippen LogP contribution in [0, 0.1) is 11.3 Å². The maximum absolute atomic E-state index is 11.3. The van der Waals surface area contributed by atoms with Crippen LogP contribution in [0.5, 0.6) is 0 Å². The standard InChI is InChI=1S/C11H21NO2/c1-9-5-4-6-11(7-9,10(13)14)8-12(2)3/h9H,4-8H2,1-3H3,(H,13,14). The molecule has 0 bridgehead atoms. The van der Waals surface area contributed by atoms with Gasteiger partial charge in [-0.3, -0.25) is 4.79 Å². The fraction of sp³-hybridized carbons (Fsp3) is 0.909. The van der Waals surface area contributed by atoms with Gasteiger partial charge in [-0.15, -0.1) is 0 Å². The van der Waals surface area contributed by atoms with Crippen molar-refractivity contribution in [3.8, 4) is 0 Å². The zero-order chi connectivity index (χ0) is 10.8. The number of carboxylic acid groups (broad SMARTS) is 1. The molecule has 0 saturated heterocycles. The largest absolute Gasteiger partial charge is 0.481 e. The van der Waals surface area contributed by atoms with Gasteiger partial charge in [0.15, 0.2) is 0 Å². The Kier molecular flexibility index (Phi) is 3.53. The number of carboxylic acids is 1. The van der Waals surface area contributed by atoms with Crippen LogP contribution in [0.4, 0.5) is 0 Å². The molecule has 2 atom stereocenters. The Labute approximate surface area is 86.1 Å². The van der Waals surface area contributed by atoms with Crippen LogP contribution in [0.2, 0.25) is 0 Å². The van der Waals surface area contributed by atoms with Gasteiger partial charge in [-0.2, -0.15) is 0 Å². The van der Waals surface area contributed by atoms with Gasteiger partial charge in [-0.25, -0.2) is 0 Å². The monoisotopic (exact) mass is 199 g/mol. The number of hydrogen-bond donors (Lipinski definition) is 1. The van der Waals surface area contributed by atoms with E-state index in [-0.39, 0.29) is 0 Å². The first kappa shape index (κ1) is 11.5. The summed E-state index contributed by atoms with van der Waals surface area (Å²) in [5.74, 6) is -0.0578. The summed E-state index contributed by atoms with van der Waals surface area (Å²) >= 11 is 0. The van der Waals surface area contributed by atoms with Crippen molar-refractivity contribution in [2.75, 3.05) is 20.6 Å². The Morgan fingerprint density at radius 1 is 1.57 bits per heavy atom. The SMILES string of the molecule is CC1CCCC(CN(C)C)(C(=O)O)C1. The molecule has 0 aromatic heterocycles. The lowest BCUT2D eigenvalue weighted by atomic mass is 9.70. The van der Waals surface area contributed by atoms with E-state index in [9.17, 15) is 9.90 Å². The van der Waals surface area contributed by atoms with Crippen molar-refractivity contribution >= 4 is 5.97 Å². The molecule has 0 radical (unpaired) electrons. The third-order valence-electron chi connectivity index (χ3n) is 3.16. The van der Waals surface area contributed by atoms with Crippen LogP contribution in [0.1, 0.15) is 32.6 Å². The van der Waals surface area contributed by atoms with Crippen molar-refractivity contribution < 1.29 is 9.90 Å². The van der Waals surface area contributed by atoms with Crippen molar-refractivity contribution in [1.29, 1.82) is 0 Å². The van der Waals surface area contributed by atoms with Crippen LogP contribution in [-0.4, -0.2) is 36.6 Å². The summed E-state index contributed by atoms with van der Waals surface area (Å²) in [5, 5.41) is 9.33. The van der Waals surface area contributed by atoms with Gasteiger partial charge in [0.2, 0.25) is 0 Å². The minimum Gasteiger partial charge on any atom is -0.481 e. The van der Waals surface area contributed by atoms with Gasteiger partial charge < -0.3 is 10.0 Å². The highest BCUT2D eigenvalue weighted by molar-refractivity contribution is 5.75. The van der Waals surface area contributed by atoms with E-state index in [2.05, 4.69) is 6.92 Å². The third kappa shape index (κ3) is 2.47. The highest BCUT2D eigenvalue weighted by atomic mass is 16.4.